The Morgan fingerprint density at radius 3 is 2.46 bits per heavy atom. The molecule has 5 nitrogen and oxygen atoms in total. The molecule has 142 valence electrons. The van der Waals surface area contributed by atoms with E-state index in [0.717, 1.165) is 21.8 Å². The summed E-state index contributed by atoms with van der Waals surface area (Å²) in [4.78, 5) is 26.3. The molecule has 0 aliphatic carbocycles. The number of hydrogen-bond acceptors (Lipinski definition) is 4. The van der Waals surface area contributed by atoms with E-state index in [4.69, 9.17) is 28.9 Å². The van der Waals surface area contributed by atoms with Crippen molar-refractivity contribution < 1.29 is 9.59 Å². The highest BCUT2D eigenvalue weighted by atomic mass is 79.9. The van der Waals surface area contributed by atoms with Gasteiger partial charge in [-0.05, 0) is 48.4 Å². The number of halogens is 3. The van der Waals surface area contributed by atoms with Gasteiger partial charge in [-0.2, -0.15) is 5.26 Å². The third kappa shape index (κ3) is 4.20. The normalized spacial score (nSPS) is 18.1. The molecule has 1 fully saturated rings. The molecule has 1 atom stereocenters. The van der Waals surface area contributed by atoms with Gasteiger partial charge in [0.25, 0.3) is 5.91 Å². The molecule has 1 heterocycles. The maximum Gasteiger partial charge on any atom is 0.262 e. The van der Waals surface area contributed by atoms with Crippen LogP contribution in [0, 0.1) is 11.3 Å². The maximum atomic E-state index is 13.1. The zero-order valence-corrected chi connectivity index (χ0v) is 18.1. The van der Waals surface area contributed by atoms with Gasteiger partial charge < -0.3 is 5.73 Å². The number of anilines is 1. The van der Waals surface area contributed by atoms with Crippen LogP contribution in [0.5, 0.6) is 0 Å². The summed E-state index contributed by atoms with van der Waals surface area (Å²) in [5.41, 5.74) is 6.47. The Balaban J connectivity index is 2.02. The number of nitriles is 1. The van der Waals surface area contributed by atoms with Gasteiger partial charge in [-0.25, -0.2) is 0 Å². The van der Waals surface area contributed by atoms with Crippen molar-refractivity contribution in [3.05, 3.63) is 73.1 Å². The van der Waals surface area contributed by atoms with E-state index in [1.165, 1.54) is 4.90 Å². The fraction of sp³-hybridized carbons (Fsp3) is 0.105. The van der Waals surface area contributed by atoms with Gasteiger partial charge in [0.05, 0.1) is 15.3 Å². The minimum atomic E-state index is -0.880. The molecule has 2 aromatic carbocycles. The van der Waals surface area contributed by atoms with Crippen molar-refractivity contribution >= 4 is 68.4 Å². The average molecular weight is 497 g/mol. The lowest BCUT2D eigenvalue weighted by Crippen LogP contribution is -2.31. The second-order valence-electron chi connectivity index (χ2n) is 5.87. The van der Waals surface area contributed by atoms with Gasteiger partial charge in [0.1, 0.15) is 16.7 Å². The van der Waals surface area contributed by atoms with Crippen LogP contribution in [0.25, 0.3) is 0 Å². The van der Waals surface area contributed by atoms with Gasteiger partial charge in [-0.1, -0.05) is 57.0 Å². The zero-order chi connectivity index (χ0) is 20.4. The summed E-state index contributed by atoms with van der Waals surface area (Å²) in [5.74, 6) is -1.13. The number of amides is 2. The molecule has 1 aliphatic rings. The first-order valence-electron chi connectivity index (χ1n) is 7.96. The van der Waals surface area contributed by atoms with Crippen LogP contribution in [0.15, 0.2) is 57.5 Å². The summed E-state index contributed by atoms with van der Waals surface area (Å²) < 4.78 is 0.837. The summed E-state index contributed by atoms with van der Waals surface area (Å²) >= 11 is 16.5. The predicted octanol–water partition coefficient (Wildman–Crippen LogP) is 4.67. The molecular formula is C19H12BrCl2N3O2S. The topological polar surface area (TPSA) is 87.2 Å². The summed E-state index contributed by atoms with van der Waals surface area (Å²) in [6.07, 6.45) is 0.356. The molecule has 0 unspecified atom stereocenters. The first-order chi connectivity index (χ1) is 13.3. The van der Waals surface area contributed by atoms with Crippen molar-refractivity contribution in [2.24, 2.45) is 5.73 Å². The molecule has 0 aromatic heterocycles. The molecule has 3 rings (SSSR count). The van der Waals surface area contributed by atoms with Crippen LogP contribution in [0.3, 0.4) is 0 Å². The molecular weight excluding hydrogens is 485 g/mol. The number of hydrogen-bond donors (Lipinski definition) is 1. The Labute approximate surface area is 184 Å². The van der Waals surface area contributed by atoms with E-state index in [9.17, 15) is 14.9 Å². The lowest BCUT2D eigenvalue weighted by molar-refractivity contribution is -0.117. The summed E-state index contributed by atoms with van der Waals surface area (Å²) in [6.45, 7) is 0. The Morgan fingerprint density at radius 2 is 1.89 bits per heavy atom. The Hall–Kier alpha value is -1.98. The highest BCUT2D eigenvalue weighted by Gasteiger charge is 2.40. The SMILES string of the molecule is N#C/C(C(N)=O)=C1\S[C@H](Cc2ccc(Cl)c(Cl)c2)C(=O)N1c1ccc(Br)cc1. The molecule has 2 aromatic rings. The van der Waals surface area contributed by atoms with Crippen LogP contribution in [0.1, 0.15) is 5.56 Å². The van der Waals surface area contributed by atoms with Crippen molar-refractivity contribution in [1.29, 1.82) is 5.26 Å². The molecule has 0 radical (unpaired) electrons. The van der Waals surface area contributed by atoms with Gasteiger partial charge in [-0.15, -0.1) is 0 Å². The second-order valence-corrected chi connectivity index (χ2v) is 8.79. The third-order valence-electron chi connectivity index (χ3n) is 4.01. The molecule has 0 bridgehead atoms. The Kier molecular flexibility index (Phi) is 6.36. The zero-order valence-electron chi connectivity index (χ0n) is 14.2. The van der Waals surface area contributed by atoms with Gasteiger partial charge in [0, 0.05) is 10.2 Å². The number of carbonyl (C=O) groups is 2. The van der Waals surface area contributed by atoms with E-state index in [1.807, 2.05) is 6.07 Å². The van der Waals surface area contributed by atoms with Crippen LogP contribution in [0.4, 0.5) is 5.69 Å². The summed E-state index contributed by atoms with van der Waals surface area (Å²) in [5, 5.41) is 9.90. The third-order valence-corrected chi connectivity index (χ3v) is 6.55. The minimum absolute atomic E-state index is 0.229. The fourth-order valence-corrected chi connectivity index (χ4v) is 4.61. The van der Waals surface area contributed by atoms with Gasteiger partial charge >= 0.3 is 0 Å². The largest absolute Gasteiger partial charge is 0.365 e. The molecule has 1 aliphatic heterocycles. The number of nitrogens with two attached hydrogens (primary N) is 1. The van der Waals surface area contributed by atoms with E-state index in [0.29, 0.717) is 22.2 Å². The average Bonchev–Trinajstić information content (AvgIpc) is 2.95. The number of rotatable bonds is 4. The Bertz CT molecular complexity index is 1030. The van der Waals surface area contributed by atoms with Gasteiger partial charge in [0.15, 0.2) is 0 Å². The number of nitrogens with zero attached hydrogens (tertiary/aromatic N) is 2. The van der Waals surface area contributed by atoms with Gasteiger partial charge in [0.2, 0.25) is 5.91 Å². The van der Waals surface area contributed by atoms with Crippen molar-refractivity contribution in [3.8, 4) is 6.07 Å². The van der Waals surface area contributed by atoms with E-state index in [-0.39, 0.29) is 16.5 Å². The van der Waals surface area contributed by atoms with Crippen LogP contribution < -0.4 is 10.6 Å². The van der Waals surface area contributed by atoms with E-state index < -0.39 is 11.2 Å². The first-order valence-corrected chi connectivity index (χ1v) is 10.4. The minimum Gasteiger partial charge on any atom is -0.365 e. The van der Waals surface area contributed by atoms with Crippen LogP contribution in [0.2, 0.25) is 10.0 Å². The molecule has 28 heavy (non-hydrogen) atoms. The molecule has 2 N–H and O–H groups in total. The van der Waals surface area contributed by atoms with Crippen LogP contribution >= 0.6 is 50.9 Å². The Morgan fingerprint density at radius 1 is 1.21 bits per heavy atom. The monoisotopic (exact) mass is 495 g/mol. The van der Waals surface area contributed by atoms with Crippen molar-refractivity contribution in [3.63, 3.8) is 0 Å². The summed E-state index contributed by atoms with van der Waals surface area (Å²) in [7, 11) is 0. The highest BCUT2D eigenvalue weighted by molar-refractivity contribution is 9.10. The second kappa shape index (κ2) is 8.58. The first kappa shape index (κ1) is 20.7. The standard InChI is InChI=1S/C19H12BrCl2N3O2S/c20-11-2-4-12(5-3-11)25-18(27)16(28-19(25)13(9-23)17(24)26)8-10-1-6-14(21)15(22)7-10/h1-7,16H,8H2,(H2,24,26)/b19-13+/t16-/m1/s1. The lowest BCUT2D eigenvalue weighted by Gasteiger charge is -2.18. The van der Waals surface area contributed by atoms with Crippen molar-refractivity contribution in [1.82, 2.24) is 0 Å². The van der Waals surface area contributed by atoms with Crippen LogP contribution in [-0.2, 0) is 16.0 Å². The van der Waals surface area contributed by atoms with E-state index in [1.54, 1.807) is 42.5 Å². The quantitative estimate of drug-likeness (QED) is 0.492. The lowest BCUT2D eigenvalue weighted by atomic mass is 10.1. The number of primary amides is 1. The van der Waals surface area contributed by atoms with Gasteiger partial charge in [-0.3, -0.25) is 14.5 Å². The molecule has 0 spiro atoms. The van der Waals surface area contributed by atoms with E-state index >= 15 is 0 Å². The molecule has 9 heteroatoms. The summed E-state index contributed by atoms with van der Waals surface area (Å²) in [6, 6.07) is 14.0. The van der Waals surface area contributed by atoms with E-state index in [2.05, 4.69) is 15.9 Å². The number of thioether (sulfide) groups is 1. The predicted molar refractivity (Wildman–Crippen MR) is 115 cm³/mol. The molecule has 0 saturated carbocycles. The maximum absolute atomic E-state index is 13.1. The molecule has 2 amide bonds. The smallest absolute Gasteiger partial charge is 0.262 e. The highest BCUT2D eigenvalue weighted by Crippen LogP contribution is 2.42. The fourth-order valence-electron chi connectivity index (χ4n) is 2.71. The molecule has 1 saturated heterocycles. The van der Waals surface area contributed by atoms with Crippen molar-refractivity contribution in [2.75, 3.05) is 4.90 Å². The van der Waals surface area contributed by atoms with Crippen LogP contribution in [-0.4, -0.2) is 17.1 Å². The number of carbonyl (C=O) groups excluding carboxylic acids is 2. The van der Waals surface area contributed by atoms with Crippen molar-refractivity contribution in [2.45, 2.75) is 11.7 Å². The number of benzene rings is 2.